The van der Waals surface area contributed by atoms with Crippen molar-refractivity contribution in [3.63, 3.8) is 0 Å². The molecule has 0 aromatic carbocycles. The molecule has 0 radical (unpaired) electrons. The molecule has 2 N–H and O–H groups in total. The summed E-state index contributed by atoms with van der Waals surface area (Å²) < 4.78 is 11.0. The molecule has 0 unspecified atom stereocenters. The molecule has 0 amide bonds. The highest BCUT2D eigenvalue weighted by molar-refractivity contribution is 5.89. The van der Waals surface area contributed by atoms with Gasteiger partial charge in [-0.05, 0) is 0 Å². The first-order valence-corrected chi connectivity index (χ1v) is 7.33. The second-order valence-corrected chi connectivity index (χ2v) is 6.34. The lowest BCUT2D eigenvalue weighted by Gasteiger charge is -2.49. The molecule has 0 aromatic heterocycles. The van der Waals surface area contributed by atoms with Crippen LogP contribution in [0.1, 0.15) is 19.3 Å². The highest BCUT2D eigenvalue weighted by Gasteiger charge is 2.67. The average Bonchev–Trinajstić information content (AvgIpc) is 2.95. The van der Waals surface area contributed by atoms with E-state index in [-0.39, 0.29) is 25.2 Å². The lowest BCUT2D eigenvalue weighted by Crippen LogP contribution is -2.57. The summed E-state index contributed by atoms with van der Waals surface area (Å²) >= 11 is 0. The van der Waals surface area contributed by atoms with Crippen molar-refractivity contribution in [2.75, 3.05) is 0 Å². The van der Waals surface area contributed by atoms with Crippen LogP contribution in [0.4, 0.5) is 0 Å². The number of ether oxygens (including phenoxy) is 2. The Balaban J connectivity index is 1.89. The van der Waals surface area contributed by atoms with E-state index in [9.17, 15) is 19.8 Å². The predicted molar refractivity (Wildman–Crippen MR) is 73.4 cm³/mol. The average molecular weight is 304 g/mol. The van der Waals surface area contributed by atoms with Gasteiger partial charge in [-0.1, -0.05) is 24.3 Å². The van der Waals surface area contributed by atoms with E-state index in [0.717, 1.165) is 0 Å². The summed E-state index contributed by atoms with van der Waals surface area (Å²) in [5, 5.41) is 19.9. The molecule has 0 aromatic rings. The minimum Gasteiger partial charge on any atom is -0.461 e. The minimum absolute atomic E-state index is 0.0616. The molecule has 4 aliphatic rings. The third-order valence-electron chi connectivity index (χ3n) is 5.12. The molecule has 116 valence electrons. The van der Waals surface area contributed by atoms with Gasteiger partial charge < -0.3 is 19.7 Å². The van der Waals surface area contributed by atoms with Crippen LogP contribution < -0.4 is 0 Å². The van der Waals surface area contributed by atoms with Gasteiger partial charge in [0.05, 0.1) is 24.0 Å². The van der Waals surface area contributed by atoms with Crippen LogP contribution in [-0.2, 0) is 19.1 Å². The molecule has 2 aliphatic carbocycles. The maximum Gasteiger partial charge on any atom is 0.332 e. The maximum absolute atomic E-state index is 11.9. The zero-order valence-corrected chi connectivity index (χ0v) is 11.8. The van der Waals surface area contributed by atoms with E-state index in [1.54, 1.807) is 24.3 Å². The molecule has 2 aliphatic heterocycles. The fourth-order valence-electron chi connectivity index (χ4n) is 4.18. The molecule has 6 heteroatoms. The third-order valence-corrected chi connectivity index (χ3v) is 5.12. The number of carbonyl (C=O) groups is 2. The van der Waals surface area contributed by atoms with Crippen LogP contribution in [0.2, 0.25) is 0 Å². The fraction of sp³-hybridized carbons (Fsp3) is 0.500. The number of hydrogen-bond donors (Lipinski definition) is 2. The topological polar surface area (TPSA) is 93.1 Å². The van der Waals surface area contributed by atoms with Crippen molar-refractivity contribution < 1.29 is 29.3 Å². The summed E-state index contributed by atoms with van der Waals surface area (Å²) in [6.07, 6.45) is 6.47. The number of hydrogen-bond acceptors (Lipinski definition) is 6. The van der Waals surface area contributed by atoms with Crippen molar-refractivity contribution in [1.29, 1.82) is 0 Å². The highest BCUT2D eigenvalue weighted by atomic mass is 16.6. The zero-order valence-electron chi connectivity index (χ0n) is 11.8. The molecule has 0 saturated carbocycles. The van der Waals surface area contributed by atoms with Crippen molar-refractivity contribution in [2.45, 2.75) is 43.2 Å². The summed E-state index contributed by atoms with van der Waals surface area (Å²) in [6.45, 7) is 0. The van der Waals surface area contributed by atoms with Crippen LogP contribution in [0.3, 0.4) is 0 Å². The number of fused-ring (bicyclic) bond motifs is 3. The van der Waals surface area contributed by atoms with Gasteiger partial charge in [0.1, 0.15) is 6.10 Å². The van der Waals surface area contributed by atoms with Crippen LogP contribution >= 0.6 is 0 Å². The van der Waals surface area contributed by atoms with Gasteiger partial charge in [0, 0.05) is 24.5 Å². The Labute approximate surface area is 126 Å². The number of aliphatic hydroxyl groups is 2. The summed E-state index contributed by atoms with van der Waals surface area (Å²) in [4.78, 5) is 23.8. The number of esters is 2. The molecule has 22 heavy (non-hydrogen) atoms. The molecule has 2 heterocycles. The lowest BCUT2D eigenvalue weighted by molar-refractivity contribution is -0.165. The molecule has 4 rings (SSSR count). The number of carbonyl (C=O) groups excluding carboxylic acids is 2. The summed E-state index contributed by atoms with van der Waals surface area (Å²) in [5.41, 5.74) is -1.36. The van der Waals surface area contributed by atoms with Crippen LogP contribution in [0.25, 0.3) is 0 Å². The number of aliphatic hydroxyl groups excluding tert-OH is 2. The standard InChI is InChI=1S/C16H16O6/c17-10-3-4-15(8-14(20)21-12(15)6-10)16-7-11(18)2-1-9(16)5-13(19)22-16/h1-5,10-12,17-18H,6-8H2/t10-,11+,12-,15+,16+/m0/s1. The quantitative estimate of drug-likeness (QED) is 0.529. The van der Waals surface area contributed by atoms with Crippen LogP contribution in [0, 0.1) is 5.41 Å². The van der Waals surface area contributed by atoms with Crippen molar-refractivity contribution in [3.8, 4) is 0 Å². The molecule has 1 saturated heterocycles. The van der Waals surface area contributed by atoms with Crippen molar-refractivity contribution in [1.82, 2.24) is 0 Å². The second kappa shape index (κ2) is 4.30. The number of rotatable bonds is 1. The maximum atomic E-state index is 11.9. The van der Waals surface area contributed by atoms with E-state index in [0.29, 0.717) is 5.57 Å². The third kappa shape index (κ3) is 1.62. The Morgan fingerprint density at radius 2 is 2.00 bits per heavy atom. The first-order valence-electron chi connectivity index (χ1n) is 7.33. The Morgan fingerprint density at radius 3 is 2.82 bits per heavy atom. The van der Waals surface area contributed by atoms with Gasteiger partial charge >= 0.3 is 11.9 Å². The largest absolute Gasteiger partial charge is 0.461 e. The summed E-state index contributed by atoms with van der Waals surface area (Å²) in [5.74, 6) is -0.870. The van der Waals surface area contributed by atoms with E-state index in [1.165, 1.54) is 6.08 Å². The normalized spacial score (nSPS) is 45.9. The Bertz CT molecular complexity index is 647. The molecule has 0 spiro atoms. The van der Waals surface area contributed by atoms with E-state index in [2.05, 4.69) is 0 Å². The van der Waals surface area contributed by atoms with Gasteiger partial charge in [-0.25, -0.2) is 4.79 Å². The van der Waals surface area contributed by atoms with E-state index < -0.39 is 35.3 Å². The molecular weight excluding hydrogens is 288 g/mol. The SMILES string of the molecule is O=C1C=C2C=C[C@@H](O)C[C@@]2([C@@]23C=C[C@H](O)C[C@@H]2OC(=O)C3)O1. The zero-order chi connectivity index (χ0) is 15.5. The molecular formula is C16H16O6. The molecule has 0 bridgehead atoms. The summed E-state index contributed by atoms with van der Waals surface area (Å²) in [6, 6.07) is 0. The van der Waals surface area contributed by atoms with Gasteiger partial charge in [-0.15, -0.1) is 0 Å². The minimum atomic E-state index is -1.12. The predicted octanol–water partition coefficient (Wildman–Crippen LogP) is 0.152. The van der Waals surface area contributed by atoms with Crippen LogP contribution in [0.5, 0.6) is 0 Å². The Morgan fingerprint density at radius 1 is 1.18 bits per heavy atom. The van der Waals surface area contributed by atoms with Gasteiger partial charge in [0.15, 0.2) is 5.60 Å². The first kappa shape index (κ1) is 13.7. The highest BCUT2D eigenvalue weighted by Crippen LogP contribution is 2.58. The first-order chi connectivity index (χ1) is 10.4. The second-order valence-electron chi connectivity index (χ2n) is 6.34. The van der Waals surface area contributed by atoms with Crippen LogP contribution in [0.15, 0.2) is 36.0 Å². The lowest BCUT2D eigenvalue weighted by atomic mass is 9.58. The smallest absolute Gasteiger partial charge is 0.332 e. The molecule has 5 atom stereocenters. The Kier molecular flexibility index (Phi) is 2.68. The summed E-state index contributed by atoms with van der Waals surface area (Å²) in [7, 11) is 0. The van der Waals surface area contributed by atoms with Crippen molar-refractivity contribution in [2.24, 2.45) is 5.41 Å². The van der Waals surface area contributed by atoms with Gasteiger partial charge in [-0.2, -0.15) is 0 Å². The molecule has 6 nitrogen and oxygen atoms in total. The van der Waals surface area contributed by atoms with E-state index in [4.69, 9.17) is 9.47 Å². The van der Waals surface area contributed by atoms with Gasteiger partial charge in [-0.3, -0.25) is 4.79 Å². The molecule has 1 fully saturated rings. The van der Waals surface area contributed by atoms with Gasteiger partial charge in [0.2, 0.25) is 0 Å². The van der Waals surface area contributed by atoms with Crippen LogP contribution in [-0.4, -0.2) is 46.1 Å². The fourth-order valence-corrected chi connectivity index (χ4v) is 4.18. The van der Waals surface area contributed by atoms with Gasteiger partial charge in [0.25, 0.3) is 0 Å². The monoisotopic (exact) mass is 304 g/mol. The van der Waals surface area contributed by atoms with Crippen molar-refractivity contribution >= 4 is 11.9 Å². The van der Waals surface area contributed by atoms with E-state index in [1.807, 2.05) is 0 Å². The van der Waals surface area contributed by atoms with Crippen molar-refractivity contribution in [3.05, 3.63) is 36.0 Å². The van der Waals surface area contributed by atoms with E-state index >= 15 is 0 Å². The Hall–Kier alpha value is -1.92.